The molecule has 6 rings (SSSR count). The van der Waals surface area contributed by atoms with Crippen molar-refractivity contribution in [3.63, 3.8) is 0 Å². The van der Waals surface area contributed by atoms with Crippen LogP contribution in [0.3, 0.4) is 0 Å². The second-order valence-electron chi connectivity index (χ2n) is 12.6. The largest absolute Gasteiger partial charge is 0.416 e. The van der Waals surface area contributed by atoms with E-state index in [0.717, 1.165) is 49.6 Å². The van der Waals surface area contributed by atoms with Crippen LogP contribution in [-0.2, 0) is 18.8 Å². The van der Waals surface area contributed by atoms with Crippen LogP contribution >= 0.6 is 11.3 Å². The molecule has 2 aromatic carbocycles. The molecule has 4 heterocycles. The smallest absolute Gasteiger partial charge is 0.336 e. The van der Waals surface area contributed by atoms with Crippen molar-refractivity contribution in [3.8, 4) is 0 Å². The number of likely N-dealkylation sites (tertiary alicyclic amines) is 2. The first kappa shape index (κ1) is 33.5. The van der Waals surface area contributed by atoms with Crippen LogP contribution < -0.4 is 0 Å². The number of carbonyl (C=O) groups is 2. The summed E-state index contributed by atoms with van der Waals surface area (Å²) in [5.41, 5.74) is -2.67. The SMILES string of the molecule is O=C(c1cccs1)N1CCC(N2CCN(C3CCN(C(=O)c4cc(C(F)(F)F)cc(C(F)(F)F)c4)C(Cc4ccccc4)C3)CC2)C1. The summed E-state index contributed by atoms with van der Waals surface area (Å²) in [4.78, 5) is 35.5. The Hall–Kier alpha value is -3.42. The van der Waals surface area contributed by atoms with Crippen LogP contribution in [0, 0.1) is 0 Å². The van der Waals surface area contributed by atoms with Gasteiger partial charge in [0.1, 0.15) is 0 Å². The molecule has 0 N–H and O–H groups in total. The van der Waals surface area contributed by atoms with Gasteiger partial charge in [0.25, 0.3) is 11.8 Å². The van der Waals surface area contributed by atoms with E-state index in [9.17, 15) is 35.9 Å². The molecule has 3 aromatic rings. The fraction of sp³-hybridized carbons (Fsp3) is 0.471. The minimum atomic E-state index is -5.04. The monoisotopic (exact) mass is 678 g/mol. The highest BCUT2D eigenvalue weighted by molar-refractivity contribution is 7.12. The third-order valence-corrected chi connectivity index (χ3v) is 10.5. The van der Waals surface area contributed by atoms with Gasteiger partial charge >= 0.3 is 12.4 Å². The first-order valence-electron chi connectivity index (χ1n) is 15.8. The number of benzene rings is 2. The van der Waals surface area contributed by atoms with Crippen molar-refractivity contribution < 1.29 is 35.9 Å². The van der Waals surface area contributed by atoms with Gasteiger partial charge in [0.05, 0.1) is 16.0 Å². The van der Waals surface area contributed by atoms with Gasteiger partial charge in [-0.2, -0.15) is 26.3 Å². The summed E-state index contributed by atoms with van der Waals surface area (Å²) < 4.78 is 81.5. The molecule has 0 saturated carbocycles. The van der Waals surface area contributed by atoms with Gasteiger partial charge in [-0.05, 0) is 60.9 Å². The Morgan fingerprint density at radius 3 is 1.94 bits per heavy atom. The molecule has 1 aromatic heterocycles. The van der Waals surface area contributed by atoms with E-state index < -0.39 is 41.0 Å². The van der Waals surface area contributed by atoms with Gasteiger partial charge in [-0.1, -0.05) is 36.4 Å². The van der Waals surface area contributed by atoms with E-state index in [1.54, 1.807) is 0 Å². The molecule has 3 unspecified atom stereocenters. The number of piperidine rings is 1. The maximum Gasteiger partial charge on any atom is 0.416 e. The highest BCUT2D eigenvalue weighted by Crippen LogP contribution is 2.37. The van der Waals surface area contributed by atoms with Crippen LogP contribution in [-0.4, -0.2) is 95.4 Å². The zero-order valence-electron chi connectivity index (χ0n) is 25.6. The number of halogens is 6. The lowest BCUT2D eigenvalue weighted by molar-refractivity contribution is -0.143. The van der Waals surface area contributed by atoms with E-state index in [-0.39, 0.29) is 24.6 Å². The lowest BCUT2D eigenvalue weighted by atomic mass is 9.90. The van der Waals surface area contributed by atoms with Gasteiger partial charge in [-0.3, -0.25) is 19.4 Å². The van der Waals surface area contributed by atoms with Crippen LogP contribution in [0.25, 0.3) is 0 Å². The highest BCUT2D eigenvalue weighted by Gasteiger charge is 2.41. The molecule has 6 nitrogen and oxygen atoms in total. The second kappa shape index (κ2) is 13.6. The van der Waals surface area contributed by atoms with Gasteiger partial charge in [0, 0.05) is 69.5 Å². The fourth-order valence-corrected chi connectivity index (χ4v) is 7.89. The molecule has 0 radical (unpaired) electrons. The Morgan fingerprint density at radius 1 is 0.723 bits per heavy atom. The molecule has 3 atom stereocenters. The van der Waals surface area contributed by atoms with Crippen LogP contribution in [0.2, 0.25) is 0 Å². The van der Waals surface area contributed by atoms with Crippen LogP contribution in [0.1, 0.15) is 56.0 Å². The first-order valence-corrected chi connectivity index (χ1v) is 16.7. The first-order chi connectivity index (χ1) is 22.4. The van der Waals surface area contributed by atoms with Gasteiger partial charge in [-0.25, -0.2) is 0 Å². The van der Waals surface area contributed by atoms with Crippen molar-refractivity contribution in [1.82, 2.24) is 19.6 Å². The quantitative estimate of drug-likeness (QED) is 0.278. The van der Waals surface area contributed by atoms with E-state index in [1.165, 1.54) is 16.2 Å². The minimum absolute atomic E-state index is 0.0504. The molecule has 3 fully saturated rings. The number of hydrogen-bond donors (Lipinski definition) is 0. The van der Waals surface area contributed by atoms with E-state index in [1.807, 2.05) is 52.7 Å². The summed E-state index contributed by atoms with van der Waals surface area (Å²) in [6.45, 7) is 4.91. The number of carbonyl (C=O) groups excluding carboxylic acids is 2. The number of alkyl halides is 6. The Labute approximate surface area is 273 Å². The molecule has 3 aliphatic heterocycles. The molecule has 3 saturated heterocycles. The van der Waals surface area contributed by atoms with Gasteiger partial charge < -0.3 is 9.80 Å². The summed E-state index contributed by atoms with van der Waals surface area (Å²) in [5.74, 6) is -0.750. The topological polar surface area (TPSA) is 47.1 Å². The maximum atomic E-state index is 13.7. The second-order valence-corrected chi connectivity index (χ2v) is 13.5. The van der Waals surface area contributed by atoms with Crippen LogP contribution in [0.15, 0.2) is 66.0 Å². The van der Waals surface area contributed by atoms with Crippen LogP contribution in [0.5, 0.6) is 0 Å². The fourth-order valence-electron chi connectivity index (χ4n) is 7.20. The minimum Gasteiger partial charge on any atom is -0.336 e. The molecule has 0 aliphatic carbocycles. The lowest BCUT2D eigenvalue weighted by Crippen LogP contribution is -2.58. The van der Waals surface area contributed by atoms with Crippen LogP contribution in [0.4, 0.5) is 26.3 Å². The molecule has 0 bridgehead atoms. The normalized spacial score (nSPS) is 23.3. The van der Waals surface area contributed by atoms with Crippen molar-refractivity contribution in [2.45, 2.75) is 56.2 Å². The maximum absolute atomic E-state index is 13.7. The summed E-state index contributed by atoms with van der Waals surface area (Å²) in [5, 5.41) is 1.90. The average molecular weight is 679 g/mol. The number of thiophene rings is 1. The van der Waals surface area contributed by atoms with Gasteiger partial charge in [0.2, 0.25) is 0 Å². The number of rotatable bonds is 6. The predicted octanol–water partition coefficient (Wildman–Crippen LogP) is 6.53. The van der Waals surface area contributed by atoms with E-state index >= 15 is 0 Å². The van der Waals surface area contributed by atoms with Crippen molar-refractivity contribution in [1.29, 1.82) is 0 Å². The molecule has 3 aliphatic rings. The Morgan fingerprint density at radius 2 is 1.34 bits per heavy atom. The molecular weight excluding hydrogens is 642 g/mol. The zero-order valence-corrected chi connectivity index (χ0v) is 26.5. The number of hydrogen-bond acceptors (Lipinski definition) is 5. The number of nitrogens with zero attached hydrogens (tertiary/aromatic N) is 4. The van der Waals surface area contributed by atoms with Gasteiger partial charge in [0.15, 0.2) is 0 Å². The summed E-state index contributed by atoms with van der Waals surface area (Å²) in [7, 11) is 0. The summed E-state index contributed by atoms with van der Waals surface area (Å²) in [6, 6.07) is 14.2. The van der Waals surface area contributed by atoms with E-state index in [0.29, 0.717) is 44.0 Å². The predicted molar refractivity (Wildman–Crippen MR) is 166 cm³/mol. The summed E-state index contributed by atoms with van der Waals surface area (Å²) in [6.07, 6.45) is -7.60. The van der Waals surface area contributed by atoms with Crippen molar-refractivity contribution in [2.24, 2.45) is 0 Å². The Balaban J connectivity index is 1.14. The number of piperazine rings is 1. The molecule has 252 valence electrons. The molecule has 13 heteroatoms. The van der Waals surface area contributed by atoms with Gasteiger partial charge in [-0.15, -0.1) is 11.3 Å². The Bertz CT molecular complexity index is 1510. The molecular formula is C34H36F6N4O2S. The molecule has 2 amide bonds. The number of amides is 2. The standard InChI is InChI=1S/C34H36F6N4O2S/c35-33(36,37)25-18-24(19-26(20-25)34(38,39)40)31(45)44-11-9-27(21-29(44)17-23-5-2-1-3-6-23)41-12-14-42(15-13-41)28-8-10-43(22-28)32(46)30-7-4-16-47-30/h1-7,16,18-20,27-29H,8-15,17,21-22H2. The van der Waals surface area contributed by atoms with E-state index in [2.05, 4.69) is 9.80 Å². The van der Waals surface area contributed by atoms with Crippen molar-refractivity contribution in [2.75, 3.05) is 45.8 Å². The third-order valence-electron chi connectivity index (χ3n) is 9.66. The van der Waals surface area contributed by atoms with Crippen molar-refractivity contribution >= 4 is 23.2 Å². The molecule has 47 heavy (non-hydrogen) atoms. The lowest BCUT2D eigenvalue weighted by Gasteiger charge is -2.47. The third kappa shape index (κ3) is 7.68. The Kier molecular flexibility index (Phi) is 9.69. The molecule has 0 spiro atoms. The van der Waals surface area contributed by atoms with E-state index in [4.69, 9.17) is 0 Å². The zero-order chi connectivity index (χ0) is 33.3. The average Bonchev–Trinajstić information content (AvgIpc) is 3.77. The van der Waals surface area contributed by atoms with Crippen molar-refractivity contribution in [3.05, 3.63) is 93.2 Å². The highest BCUT2D eigenvalue weighted by atomic mass is 32.1. The summed E-state index contributed by atoms with van der Waals surface area (Å²) >= 11 is 1.45.